The van der Waals surface area contributed by atoms with E-state index in [1.807, 2.05) is 18.2 Å². The molecule has 0 aliphatic carbocycles. The van der Waals surface area contributed by atoms with Crippen LogP contribution in [0.25, 0.3) is 0 Å². The molecule has 36 heavy (non-hydrogen) atoms. The Morgan fingerprint density at radius 2 is 1.78 bits per heavy atom. The molecule has 0 radical (unpaired) electrons. The van der Waals surface area contributed by atoms with Gasteiger partial charge in [-0.3, -0.25) is 9.69 Å². The molecule has 8 nitrogen and oxygen atoms in total. The van der Waals surface area contributed by atoms with Crippen molar-refractivity contribution >= 4 is 40.9 Å². The van der Waals surface area contributed by atoms with Crippen LogP contribution >= 0.6 is 23.2 Å². The molecule has 0 saturated carbocycles. The third-order valence-electron chi connectivity index (χ3n) is 6.06. The Hall–Kier alpha value is -2.75. The molecule has 2 aromatic carbocycles. The highest BCUT2D eigenvalue weighted by Crippen LogP contribution is 2.29. The number of fused-ring (bicyclic) bond motifs is 1. The minimum Gasteiger partial charge on any atom is -0.478 e. The second-order valence-corrected chi connectivity index (χ2v) is 9.50. The van der Waals surface area contributed by atoms with E-state index < -0.39 is 11.9 Å². The molecular weight excluding hydrogens is 507 g/mol. The number of halogens is 2. The van der Waals surface area contributed by atoms with Gasteiger partial charge < -0.3 is 20.6 Å². The van der Waals surface area contributed by atoms with E-state index in [1.165, 1.54) is 5.56 Å². The fourth-order valence-corrected chi connectivity index (χ4v) is 4.75. The minimum absolute atomic E-state index is 0.104. The number of rotatable bonds is 7. The Morgan fingerprint density at radius 1 is 1.06 bits per heavy atom. The van der Waals surface area contributed by atoms with Crippen molar-refractivity contribution < 1.29 is 29.7 Å². The summed E-state index contributed by atoms with van der Waals surface area (Å²) in [6.45, 7) is 3.35. The van der Waals surface area contributed by atoms with Crippen LogP contribution in [0.4, 0.5) is 0 Å². The summed E-state index contributed by atoms with van der Waals surface area (Å²) in [5.74, 6) is -2.41. The highest BCUT2D eigenvalue weighted by molar-refractivity contribution is 6.42. The highest BCUT2D eigenvalue weighted by Gasteiger charge is 2.28. The van der Waals surface area contributed by atoms with Crippen molar-refractivity contribution in [2.45, 2.75) is 31.4 Å². The average Bonchev–Trinajstić information content (AvgIpc) is 3.25. The van der Waals surface area contributed by atoms with Gasteiger partial charge in [0.25, 0.3) is 0 Å². The van der Waals surface area contributed by atoms with Gasteiger partial charge in [0.05, 0.1) is 16.1 Å². The number of Topliss-reactive ketones (excluding diaryl/α,β-unsaturated/α-hetero) is 1. The minimum atomic E-state index is -1.26. The first-order valence-electron chi connectivity index (χ1n) is 11.5. The fourth-order valence-electron chi connectivity index (χ4n) is 4.42. The lowest BCUT2D eigenvalue weighted by atomic mass is 9.87. The van der Waals surface area contributed by atoms with E-state index in [0.717, 1.165) is 55.7 Å². The number of hydrogen-bond donors (Lipinski definition) is 4. The lowest BCUT2D eigenvalue weighted by molar-refractivity contribution is -0.134. The standard InChI is InChI=1S/C22H24Cl2N2O2.C4H4O4/c23-19-5-4-14(10-20(19)24)11-22(28)18-3-1-2-17-16(18)6-8-25-21(17)13-26-9-7-15(27)12-26;5-3(6)1-2-4(7)8/h1-5,10,15,21,25,27H,6-9,11-13H2;1-2H,(H,5,6)(H,7,8). The number of carboxylic acid groups (broad SMARTS) is 2. The van der Waals surface area contributed by atoms with Crippen molar-refractivity contribution in [3.05, 3.63) is 80.8 Å². The van der Waals surface area contributed by atoms with E-state index in [-0.39, 0.29) is 17.9 Å². The molecule has 4 rings (SSSR count). The number of benzene rings is 2. The second-order valence-electron chi connectivity index (χ2n) is 8.69. The number of carbonyl (C=O) groups is 3. The third-order valence-corrected chi connectivity index (χ3v) is 6.80. The molecule has 2 heterocycles. The molecule has 0 bridgehead atoms. The van der Waals surface area contributed by atoms with E-state index in [0.29, 0.717) is 28.6 Å². The largest absolute Gasteiger partial charge is 0.478 e. The Balaban J connectivity index is 0.000000392. The van der Waals surface area contributed by atoms with Crippen molar-refractivity contribution in [1.82, 2.24) is 10.2 Å². The first-order valence-corrected chi connectivity index (χ1v) is 12.3. The zero-order valence-corrected chi connectivity index (χ0v) is 21.0. The molecule has 0 spiro atoms. The first kappa shape index (κ1) is 27.8. The predicted octanol–water partition coefficient (Wildman–Crippen LogP) is 3.38. The summed E-state index contributed by atoms with van der Waals surface area (Å²) in [5.41, 5.74) is 4.02. The van der Waals surface area contributed by atoms with Gasteiger partial charge in [-0.1, -0.05) is 47.5 Å². The van der Waals surface area contributed by atoms with Gasteiger partial charge in [0, 0.05) is 49.8 Å². The summed E-state index contributed by atoms with van der Waals surface area (Å²) in [7, 11) is 0. The van der Waals surface area contributed by atoms with Gasteiger partial charge in [0.2, 0.25) is 0 Å². The summed E-state index contributed by atoms with van der Waals surface area (Å²) in [6.07, 6.45) is 2.88. The van der Waals surface area contributed by atoms with Crippen LogP contribution in [-0.2, 0) is 22.4 Å². The highest BCUT2D eigenvalue weighted by atomic mass is 35.5. The summed E-state index contributed by atoms with van der Waals surface area (Å²) in [6, 6.07) is 11.6. The lowest BCUT2D eigenvalue weighted by Gasteiger charge is -2.31. The summed E-state index contributed by atoms with van der Waals surface area (Å²) < 4.78 is 0. The fraction of sp³-hybridized carbons (Fsp3) is 0.346. The molecule has 10 heteroatoms. The average molecular weight is 535 g/mol. The Labute approximate surface area is 219 Å². The van der Waals surface area contributed by atoms with Crippen molar-refractivity contribution in [1.29, 1.82) is 0 Å². The maximum Gasteiger partial charge on any atom is 0.328 e. The molecule has 2 aromatic rings. The number of nitrogens with zero attached hydrogens (tertiary/aromatic N) is 1. The van der Waals surface area contributed by atoms with Crippen LogP contribution in [0.3, 0.4) is 0 Å². The molecule has 2 unspecified atom stereocenters. The number of carbonyl (C=O) groups excluding carboxylic acids is 1. The van der Waals surface area contributed by atoms with Crippen LogP contribution in [0.15, 0.2) is 48.6 Å². The van der Waals surface area contributed by atoms with Crippen LogP contribution in [0.1, 0.15) is 39.5 Å². The molecular formula is C26H28Cl2N2O6. The molecule has 2 aliphatic rings. The van der Waals surface area contributed by atoms with Gasteiger partial charge in [-0.2, -0.15) is 0 Å². The zero-order chi connectivity index (χ0) is 26.2. The predicted molar refractivity (Wildman–Crippen MR) is 137 cm³/mol. The number of hydrogen-bond acceptors (Lipinski definition) is 6. The van der Waals surface area contributed by atoms with Gasteiger partial charge >= 0.3 is 11.9 Å². The molecule has 1 fully saturated rings. The van der Waals surface area contributed by atoms with Gasteiger partial charge in [-0.15, -0.1) is 0 Å². The molecule has 192 valence electrons. The quantitative estimate of drug-likeness (QED) is 0.314. The zero-order valence-electron chi connectivity index (χ0n) is 19.5. The van der Waals surface area contributed by atoms with E-state index in [9.17, 15) is 19.5 Å². The summed E-state index contributed by atoms with van der Waals surface area (Å²) in [4.78, 5) is 34.4. The number of nitrogens with one attached hydrogen (secondary N) is 1. The first-order chi connectivity index (χ1) is 17.1. The normalized spacial score (nSPS) is 19.4. The maximum atomic E-state index is 13.0. The van der Waals surface area contributed by atoms with Crippen molar-refractivity contribution in [2.75, 3.05) is 26.2 Å². The number of aliphatic hydroxyl groups excluding tert-OH is 1. The lowest BCUT2D eigenvalue weighted by Crippen LogP contribution is -2.39. The van der Waals surface area contributed by atoms with Crippen LogP contribution in [0.2, 0.25) is 10.0 Å². The number of aliphatic carboxylic acids is 2. The number of carboxylic acids is 2. The topological polar surface area (TPSA) is 127 Å². The van der Waals surface area contributed by atoms with Crippen molar-refractivity contribution in [3.63, 3.8) is 0 Å². The maximum absolute atomic E-state index is 13.0. The molecule has 0 amide bonds. The number of aliphatic hydroxyl groups is 1. The molecule has 4 N–H and O–H groups in total. The van der Waals surface area contributed by atoms with Gasteiger partial charge in [0.15, 0.2) is 5.78 Å². The molecule has 1 saturated heterocycles. The summed E-state index contributed by atoms with van der Waals surface area (Å²) >= 11 is 12.1. The van der Waals surface area contributed by atoms with Crippen molar-refractivity contribution in [3.8, 4) is 0 Å². The van der Waals surface area contributed by atoms with Crippen LogP contribution in [0, 0.1) is 0 Å². The smallest absolute Gasteiger partial charge is 0.328 e. The monoisotopic (exact) mass is 534 g/mol. The number of ketones is 1. The Kier molecular flexibility index (Phi) is 10.0. The van der Waals surface area contributed by atoms with E-state index in [1.54, 1.807) is 12.1 Å². The van der Waals surface area contributed by atoms with Gasteiger partial charge in [0.1, 0.15) is 0 Å². The molecule has 0 aromatic heterocycles. The van der Waals surface area contributed by atoms with E-state index in [4.69, 9.17) is 33.4 Å². The van der Waals surface area contributed by atoms with Crippen molar-refractivity contribution in [2.24, 2.45) is 0 Å². The SMILES string of the molecule is O=C(Cc1ccc(Cl)c(Cl)c1)c1cccc2c1CCNC2CN1CCC(O)C1.O=C(O)C=CC(=O)O. The number of likely N-dealkylation sites (tertiary alicyclic amines) is 1. The van der Waals surface area contributed by atoms with Crippen LogP contribution in [-0.4, -0.2) is 70.2 Å². The van der Waals surface area contributed by atoms with Crippen LogP contribution < -0.4 is 5.32 Å². The second kappa shape index (κ2) is 13.0. The Bertz CT molecular complexity index is 1140. The molecule has 2 atom stereocenters. The van der Waals surface area contributed by atoms with E-state index in [2.05, 4.69) is 16.3 Å². The summed E-state index contributed by atoms with van der Waals surface area (Å²) in [5, 5.41) is 30.0. The van der Waals surface area contributed by atoms with Crippen LogP contribution in [0.5, 0.6) is 0 Å². The molecule has 2 aliphatic heterocycles. The Morgan fingerprint density at radius 3 is 2.39 bits per heavy atom. The van der Waals surface area contributed by atoms with Gasteiger partial charge in [-0.05, 0) is 48.2 Å². The number of β-amino-alcohol motifs (C(OH)–C–C–N with tert-alkyl or cyclic N) is 1. The third kappa shape index (κ3) is 7.88. The van der Waals surface area contributed by atoms with Gasteiger partial charge in [-0.25, -0.2) is 9.59 Å². The van der Waals surface area contributed by atoms with E-state index >= 15 is 0 Å².